The Morgan fingerprint density at radius 2 is 1.76 bits per heavy atom. The number of benzene rings is 1. The van der Waals surface area contributed by atoms with E-state index >= 15 is 0 Å². The quantitative estimate of drug-likeness (QED) is 0.836. The Morgan fingerprint density at radius 1 is 1.24 bits per heavy atom. The predicted octanol–water partition coefficient (Wildman–Crippen LogP) is 4.11. The van der Waals surface area contributed by atoms with Crippen molar-refractivity contribution in [3.05, 3.63) is 34.4 Å². The summed E-state index contributed by atoms with van der Waals surface area (Å²) in [6.45, 7) is 12.4. The SMILES string of the molecule is Cc1c(C(=O)O)cc(C(C)(C)C)cc1C(C)C. The van der Waals surface area contributed by atoms with Crippen LogP contribution in [0.4, 0.5) is 0 Å². The molecular formula is C15H22O2. The molecule has 0 spiro atoms. The van der Waals surface area contributed by atoms with Gasteiger partial charge in [0.05, 0.1) is 5.56 Å². The van der Waals surface area contributed by atoms with Crippen LogP contribution in [-0.2, 0) is 5.41 Å². The van der Waals surface area contributed by atoms with Crippen molar-refractivity contribution >= 4 is 5.97 Å². The maximum atomic E-state index is 11.3. The van der Waals surface area contributed by atoms with Crippen molar-refractivity contribution in [1.29, 1.82) is 0 Å². The molecular weight excluding hydrogens is 212 g/mol. The summed E-state index contributed by atoms with van der Waals surface area (Å²) in [7, 11) is 0. The van der Waals surface area contributed by atoms with Crippen molar-refractivity contribution < 1.29 is 9.90 Å². The highest BCUT2D eigenvalue weighted by molar-refractivity contribution is 5.90. The fourth-order valence-electron chi connectivity index (χ4n) is 1.99. The van der Waals surface area contributed by atoms with Gasteiger partial charge in [0.15, 0.2) is 0 Å². The Bertz CT molecular complexity index is 437. The fraction of sp³-hybridized carbons (Fsp3) is 0.533. The maximum Gasteiger partial charge on any atom is 0.335 e. The first-order valence-corrected chi connectivity index (χ1v) is 6.03. The summed E-state index contributed by atoms with van der Waals surface area (Å²) >= 11 is 0. The van der Waals surface area contributed by atoms with E-state index in [9.17, 15) is 9.90 Å². The van der Waals surface area contributed by atoms with Crippen molar-refractivity contribution in [1.82, 2.24) is 0 Å². The van der Waals surface area contributed by atoms with Gasteiger partial charge in [-0.15, -0.1) is 0 Å². The molecule has 0 radical (unpaired) electrons. The first-order chi connectivity index (χ1) is 7.64. The lowest BCUT2D eigenvalue weighted by molar-refractivity contribution is 0.0696. The summed E-state index contributed by atoms with van der Waals surface area (Å²) in [6.07, 6.45) is 0. The second kappa shape index (κ2) is 4.52. The van der Waals surface area contributed by atoms with E-state index in [4.69, 9.17) is 0 Å². The summed E-state index contributed by atoms with van der Waals surface area (Å²) < 4.78 is 0. The lowest BCUT2D eigenvalue weighted by Crippen LogP contribution is -2.15. The molecule has 0 unspecified atom stereocenters. The van der Waals surface area contributed by atoms with Crippen molar-refractivity contribution in [2.24, 2.45) is 0 Å². The van der Waals surface area contributed by atoms with Crippen LogP contribution >= 0.6 is 0 Å². The van der Waals surface area contributed by atoms with Gasteiger partial charge >= 0.3 is 5.97 Å². The molecule has 0 aliphatic carbocycles. The predicted molar refractivity (Wildman–Crippen MR) is 70.9 cm³/mol. The monoisotopic (exact) mass is 234 g/mol. The molecule has 94 valence electrons. The van der Waals surface area contributed by atoms with E-state index in [1.165, 1.54) is 0 Å². The molecule has 2 nitrogen and oxygen atoms in total. The van der Waals surface area contributed by atoms with Gasteiger partial charge in [-0.3, -0.25) is 0 Å². The minimum atomic E-state index is -0.837. The van der Waals surface area contributed by atoms with E-state index in [1.807, 2.05) is 13.0 Å². The van der Waals surface area contributed by atoms with Crippen LogP contribution in [0.2, 0.25) is 0 Å². The van der Waals surface area contributed by atoms with Gasteiger partial charge in [-0.1, -0.05) is 40.7 Å². The van der Waals surface area contributed by atoms with Gasteiger partial charge in [0, 0.05) is 0 Å². The van der Waals surface area contributed by atoms with E-state index < -0.39 is 5.97 Å². The highest BCUT2D eigenvalue weighted by Crippen LogP contribution is 2.30. The van der Waals surface area contributed by atoms with Crippen molar-refractivity contribution in [3.8, 4) is 0 Å². The van der Waals surface area contributed by atoms with Gasteiger partial charge in [0.2, 0.25) is 0 Å². The minimum Gasteiger partial charge on any atom is -0.478 e. The summed E-state index contributed by atoms with van der Waals surface area (Å²) in [5.74, 6) is -0.495. The number of hydrogen-bond acceptors (Lipinski definition) is 1. The van der Waals surface area contributed by atoms with E-state index in [0.717, 1.165) is 16.7 Å². The van der Waals surface area contributed by atoms with Gasteiger partial charge < -0.3 is 5.11 Å². The molecule has 1 N–H and O–H groups in total. The Hall–Kier alpha value is -1.31. The Labute approximate surface area is 104 Å². The fourth-order valence-corrected chi connectivity index (χ4v) is 1.99. The second-order valence-electron chi connectivity index (χ2n) is 5.95. The van der Waals surface area contributed by atoms with Crippen LogP contribution in [0.3, 0.4) is 0 Å². The van der Waals surface area contributed by atoms with Crippen molar-refractivity contribution in [2.45, 2.75) is 52.9 Å². The lowest BCUT2D eigenvalue weighted by atomic mass is 9.81. The Kier molecular flexibility index (Phi) is 3.65. The lowest BCUT2D eigenvalue weighted by Gasteiger charge is -2.23. The molecule has 0 saturated heterocycles. The smallest absolute Gasteiger partial charge is 0.335 e. The molecule has 0 aliphatic rings. The third kappa shape index (κ3) is 2.87. The number of carboxylic acid groups (broad SMARTS) is 1. The summed E-state index contributed by atoms with van der Waals surface area (Å²) in [5.41, 5.74) is 3.52. The first-order valence-electron chi connectivity index (χ1n) is 6.03. The third-order valence-electron chi connectivity index (χ3n) is 3.17. The molecule has 0 amide bonds. The highest BCUT2D eigenvalue weighted by Gasteiger charge is 2.20. The topological polar surface area (TPSA) is 37.3 Å². The van der Waals surface area contributed by atoms with Crippen LogP contribution in [0.1, 0.15) is 67.6 Å². The van der Waals surface area contributed by atoms with Gasteiger partial charge in [0.1, 0.15) is 0 Å². The first kappa shape index (κ1) is 13.8. The molecule has 1 aromatic carbocycles. The van der Waals surface area contributed by atoms with E-state index in [1.54, 1.807) is 0 Å². The van der Waals surface area contributed by atoms with Gasteiger partial charge in [-0.2, -0.15) is 0 Å². The van der Waals surface area contributed by atoms with E-state index in [0.29, 0.717) is 11.5 Å². The summed E-state index contributed by atoms with van der Waals surface area (Å²) in [5, 5.41) is 9.26. The Morgan fingerprint density at radius 3 is 2.12 bits per heavy atom. The number of aromatic carboxylic acids is 1. The maximum absolute atomic E-state index is 11.3. The highest BCUT2D eigenvalue weighted by atomic mass is 16.4. The van der Waals surface area contributed by atoms with Crippen LogP contribution in [0, 0.1) is 6.92 Å². The molecule has 0 aliphatic heterocycles. The largest absolute Gasteiger partial charge is 0.478 e. The molecule has 0 aromatic heterocycles. The molecule has 17 heavy (non-hydrogen) atoms. The van der Waals surface area contributed by atoms with Gasteiger partial charge in [-0.05, 0) is 41.0 Å². The number of rotatable bonds is 2. The van der Waals surface area contributed by atoms with Crippen LogP contribution in [0.15, 0.2) is 12.1 Å². The zero-order valence-corrected chi connectivity index (χ0v) is 11.6. The molecule has 0 saturated carbocycles. The Balaban J connectivity index is 3.53. The third-order valence-corrected chi connectivity index (χ3v) is 3.17. The van der Waals surface area contributed by atoms with Gasteiger partial charge in [0.25, 0.3) is 0 Å². The van der Waals surface area contributed by atoms with Crippen LogP contribution in [0.25, 0.3) is 0 Å². The standard InChI is InChI=1S/C15H22O2/c1-9(2)12-7-11(15(4,5)6)8-13(10(12)3)14(16)17/h7-9H,1-6H3,(H,16,17). The molecule has 1 aromatic rings. The number of hydrogen-bond donors (Lipinski definition) is 1. The van der Waals surface area contributed by atoms with Crippen LogP contribution < -0.4 is 0 Å². The number of carboxylic acids is 1. The number of carbonyl (C=O) groups is 1. The normalized spacial score (nSPS) is 11.9. The van der Waals surface area contributed by atoms with E-state index in [-0.39, 0.29) is 5.41 Å². The van der Waals surface area contributed by atoms with E-state index in [2.05, 4.69) is 40.7 Å². The minimum absolute atomic E-state index is 0.0262. The van der Waals surface area contributed by atoms with Crippen LogP contribution in [0.5, 0.6) is 0 Å². The molecule has 0 heterocycles. The van der Waals surface area contributed by atoms with Crippen LogP contribution in [-0.4, -0.2) is 11.1 Å². The average molecular weight is 234 g/mol. The zero-order valence-electron chi connectivity index (χ0n) is 11.6. The molecule has 0 fully saturated rings. The zero-order chi connectivity index (χ0) is 13.4. The second-order valence-corrected chi connectivity index (χ2v) is 5.95. The summed E-state index contributed by atoms with van der Waals surface area (Å²) in [6, 6.07) is 3.95. The average Bonchev–Trinajstić information content (AvgIpc) is 2.14. The van der Waals surface area contributed by atoms with Crippen molar-refractivity contribution in [2.75, 3.05) is 0 Å². The van der Waals surface area contributed by atoms with Gasteiger partial charge in [-0.25, -0.2) is 4.79 Å². The molecule has 0 atom stereocenters. The van der Waals surface area contributed by atoms with Crippen molar-refractivity contribution in [3.63, 3.8) is 0 Å². The summed E-state index contributed by atoms with van der Waals surface area (Å²) in [4.78, 5) is 11.3. The molecule has 2 heteroatoms. The molecule has 0 bridgehead atoms. The molecule has 1 rings (SSSR count).